The number of carboxylic acid groups (broad SMARTS) is 1. The first kappa shape index (κ1) is 23.0. The summed E-state index contributed by atoms with van der Waals surface area (Å²) in [7, 11) is 0. The molecule has 3 heterocycles. The average Bonchev–Trinajstić information content (AvgIpc) is 3.43. The van der Waals surface area contributed by atoms with Gasteiger partial charge in [-0.2, -0.15) is 5.10 Å². The topological polar surface area (TPSA) is 119 Å². The first-order chi connectivity index (χ1) is 16.1. The van der Waals surface area contributed by atoms with Crippen LogP contribution in [0.15, 0.2) is 53.4 Å². The van der Waals surface area contributed by atoms with Crippen LogP contribution < -0.4 is 5.32 Å². The summed E-state index contributed by atoms with van der Waals surface area (Å²) in [5.41, 5.74) is -0.837. The van der Waals surface area contributed by atoms with E-state index in [4.69, 9.17) is 4.52 Å². The number of anilines is 1. The Morgan fingerprint density at radius 1 is 1.21 bits per heavy atom. The second-order valence-electron chi connectivity index (χ2n) is 7.92. The first-order valence-electron chi connectivity index (χ1n) is 10.1. The minimum Gasteiger partial charge on any atom is -0.480 e. The molecule has 0 bridgehead atoms. The van der Waals surface area contributed by atoms with Crippen LogP contribution in [0.25, 0.3) is 22.9 Å². The standard InChI is InChI=1S/C22H19F3N6O3/c1-22(2,25)18(21(32)33)27-19-14(24)10-26-20(28-19)16-9-17(15-7-8-34-30-15)31(29-16)11-12-5-3-4-6-13(12)23/h3-10,18H,11H2,1-2H3,(H,32,33)(H,26,27,28). The molecule has 12 heteroatoms. The summed E-state index contributed by atoms with van der Waals surface area (Å²) in [5, 5.41) is 19.9. The Kier molecular flexibility index (Phi) is 6.05. The monoisotopic (exact) mass is 472 g/mol. The van der Waals surface area contributed by atoms with Crippen molar-refractivity contribution >= 4 is 11.8 Å². The predicted octanol–water partition coefficient (Wildman–Crippen LogP) is 3.93. The SMILES string of the molecule is CC(C)(F)C(Nc1nc(-c2cc(-c3ccon3)n(Cc3ccccc3F)n2)ncc1F)C(=O)O. The first-order valence-corrected chi connectivity index (χ1v) is 10.1. The molecule has 0 aliphatic rings. The number of carbonyl (C=O) groups is 1. The summed E-state index contributed by atoms with van der Waals surface area (Å²) in [4.78, 5) is 19.4. The van der Waals surface area contributed by atoms with Crippen molar-refractivity contribution in [3.63, 3.8) is 0 Å². The maximum absolute atomic E-state index is 14.3. The highest BCUT2D eigenvalue weighted by atomic mass is 19.1. The zero-order valence-electron chi connectivity index (χ0n) is 18.0. The lowest BCUT2D eigenvalue weighted by Crippen LogP contribution is -2.45. The number of nitrogens with one attached hydrogen (secondary N) is 1. The van der Waals surface area contributed by atoms with Crippen molar-refractivity contribution in [2.45, 2.75) is 32.1 Å². The molecule has 0 amide bonds. The molecule has 1 aromatic carbocycles. The van der Waals surface area contributed by atoms with Crippen molar-refractivity contribution in [1.82, 2.24) is 24.9 Å². The fourth-order valence-corrected chi connectivity index (χ4v) is 3.24. The van der Waals surface area contributed by atoms with E-state index in [0.29, 0.717) is 17.0 Å². The molecule has 4 aromatic rings. The van der Waals surface area contributed by atoms with Crippen LogP contribution in [0.3, 0.4) is 0 Å². The van der Waals surface area contributed by atoms with Crippen molar-refractivity contribution in [1.29, 1.82) is 0 Å². The van der Waals surface area contributed by atoms with E-state index in [0.717, 1.165) is 20.0 Å². The maximum atomic E-state index is 14.3. The molecule has 0 saturated heterocycles. The quantitative estimate of drug-likeness (QED) is 0.396. The van der Waals surface area contributed by atoms with Crippen LogP contribution in [0.4, 0.5) is 19.0 Å². The lowest BCUT2D eigenvalue weighted by molar-refractivity contribution is -0.140. The molecule has 4 rings (SSSR count). The highest BCUT2D eigenvalue weighted by molar-refractivity contribution is 5.78. The van der Waals surface area contributed by atoms with Crippen LogP contribution in [0.1, 0.15) is 19.4 Å². The number of benzene rings is 1. The minimum absolute atomic E-state index is 0.0400. The highest BCUT2D eigenvalue weighted by Gasteiger charge is 2.36. The van der Waals surface area contributed by atoms with E-state index in [9.17, 15) is 23.1 Å². The normalized spacial score (nSPS) is 12.5. The highest BCUT2D eigenvalue weighted by Crippen LogP contribution is 2.27. The summed E-state index contributed by atoms with van der Waals surface area (Å²) < 4.78 is 49.3. The van der Waals surface area contributed by atoms with Gasteiger partial charge in [0.15, 0.2) is 23.5 Å². The lowest BCUT2D eigenvalue weighted by Gasteiger charge is -2.24. The Balaban J connectivity index is 1.74. The van der Waals surface area contributed by atoms with Crippen LogP contribution >= 0.6 is 0 Å². The van der Waals surface area contributed by atoms with E-state index in [2.05, 4.69) is 25.5 Å². The van der Waals surface area contributed by atoms with Gasteiger partial charge in [0, 0.05) is 11.6 Å². The molecular weight excluding hydrogens is 453 g/mol. The van der Waals surface area contributed by atoms with E-state index >= 15 is 0 Å². The summed E-state index contributed by atoms with van der Waals surface area (Å²) in [6.45, 7) is 2.14. The van der Waals surface area contributed by atoms with Gasteiger partial charge < -0.3 is 14.9 Å². The van der Waals surface area contributed by atoms with E-state index in [-0.39, 0.29) is 18.1 Å². The molecule has 0 spiro atoms. The summed E-state index contributed by atoms with van der Waals surface area (Å²) in [6, 6.07) is 7.53. The van der Waals surface area contributed by atoms with E-state index in [1.165, 1.54) is 17.0 Å². The van der Waals surface area contributed by atoms with E-state index in [1.807, 2.05) is 0 Å². The summed E-state index contributed by atoms with van der Waals surface area (Å²) >= 11 is 0. The van der Waals surface area contributed by atoms with Crippen LogP contribution in [-0.4, -0.2) is 47.7 Å². The van der Waals surface area contributed by atoms with Crippen LogP contribution in [-0.2, 0) is 11.3 Å². The van der Waals surface area contributed by atoms with Gasteiger partial charge in [0.2, 0.25) is 0 Å². The van der Waals surface area contributed by atoms with Gasteiger partial charge in [-0.15, -0.1) is 0 Å². The van der Waals surface area contributed by atoms with E-state index in [1.54, 1.807) is 30.3 Å². The average molecular weight is 472 g/mol. The third-order valence-corrected chi connectivity index (χ3v) is 4.95. The molecule has 0 radical (unpaired) electrons. The van der Waals surface area contributed by atoms with Crippen LogP contribution in [0.2, 0.25) is 0 Å². The van der Waals surface area contributed by atoms with Gasteiger partial charge in [0.05, 0.1) is 18.4 Å². The zero-order valence-corrected chi connectivity index (χ0v) is 18.0. The van der Waals surface area contributed by atoms with Crippen LogP contribution in [0.5, 0.6) is 0 Å². The molecule has 0 aliphatic heterocycles. The number of aromatic nitrogens is 5. The molecule has 0 fully saturated rings. The number of rotatable bonds is 8. The molecule has 1 unspecified atom stereocenters. The lowest BCUT2D eigenvalue weighted by atomic mass is 10.0. The van der Waals surface area contributed by atoms with Crippen molar-refractivity contribution < 1.29 is 27.6 Å². The van der Waals surface area contributed by atoms with Gasteiger partial charge in [-0.25, -0.2) is 27.9 Å². The largest absolute Gasteiger partial charge is 0.480 e. The molecule has 0 aliphatic carbocycles. The van der Waals surface area contributed by atoms with Gasteiger partial charge in [-0.1, -0.05) is 23.4 Å². The summed E-state index contributed by atoms with van der Waals surface area (Å²) in [6.07, 6.45) is 2.18. The van der Waals surface area contributed by atoms with Crippen molar-refractivity contribution in [3.05, 3.63) is 66.1 Å². The number of hydrogen-bond donors (Lipinski definition) is 2. The smallest absolute Gasteiger partial charge is 0.329 e. The van der Waals surface area contributed by atoms with Gasteiger partial charge >= 0.3 is 5.97 Å². The van der Waals surface area contributed by atoms with Gasteiger partial charge in [0.25, 0.3) is 0 Å². The second kappa shape index (κ2) is 8.96. The van der Waals surface area contributed by atoms with Crippen molar-refractivity contribution in [2.24, 2.45) is 0 Å². The molecule has 1 atom stereocenters. The Morgan fingerprint density at radius 3 is 2.62 bits per heavy atom. The maximum Gasteiger partial charge on any atom is 0.329 e. The second-order valence-corrected chi connectivity index (χ2v) is 7.92. The van der Waals surface area contributed by atoms with Crippen molar-refractivity contribution in [3.8, 4) is 22.9 Å². The van der Waals surface area contributed by atoms with Crippen molar-refractivity contribution in [2.75, 3.05) is 5.32 Å². The predicted molar refractivity (Wildman–Crippen MR) is 114 cm³/mol. The third kappa shape index (κ3) is 4.75. The minimum atomic E-state index is -2.22. The molecule has 9 nitrogen and oxygen atoms in total. The Labute approximate surface area is 191 Å². The zero-order chi connectivity index (χ0) is 24.5. The molecule has 176 valence electrons. The number of hydrogen-bond acceptors (Lipinski definition) is 7. The Hall–Kier alpha value is -4.22. The van der Waals surface area contributed by atoms with Gasteiger partial charge in [0.1, 0.15) is 29.1 Å². The Morgan fingerprint density at radius 2 is 1.97 bits per heavy atom. The molecule has 34 heavy (non-hydrogen) atoms. The number of carboxylic acids is 1. The van der Waals surface area contributed by atoms with E-state index < -0.39 is 35.1 Å². The van der Waals surface area contributed by atoms with Gasteiger partial charge in [-0.3, -0.25) is 4.68 Å². The number of alkyl halides is 1. The fourth-order valence-electron chi connectivity index (χ4n) is 3.24. The fraction of sp³-hybridized carbons (Fsp3) is 0.227. The Bertz CT molecular complexity index is 1320. The number of nitrogens with zero attached hydrogens (tertiary/aromatic N) is 5. The number of halogens is 3. The molecular formula is C22H19F3N6O3. The molecule has 3 aromatic heterocycles. The summed E-state index contributed by atoms with van der Waals surface area (Å²) in [5.74, 6) is -3.49. The third-order valence-electron chi connectivity index (χ3n) is 4.95. The molecule has 2 N–H and O–H groups in total. The molecule has 0 saturated carbocycles. The van der Waals surface area contributed by atoms with Crippen LogP contribution in [0, 0.1) is 11.6 Å². The number of aliphatic carboxylic acids is 1. The van der Waals surface area contributed by atoms with Gasteiger partial charge in [-0.05, 0) is 26.0 Å².